The molecule has 178 valence electrons. The first-order valence-electron chi connectivity index (χ1n) is 11.0. The summed E-state index contributed by atoms with van der Waals surface area (Å²) < 4.78 is 15.6. The maximum Gasteiger partial charge on any atom is 0.410 e. The normalized spacial score (nSPS) is 18.6. The quantitative estimate of drug-likeness (QED) is 0.494. The standard InChI is InChI=1S/C24H36N2O6/c1-23(2,3)32-22(29)26-15-18(14-24(26,4)5)12-13-19(20(27)30-6)25-21(28)31-16-17-10-8-7-9-11-17/h7-11,18-19H,12-16H2,1-6H3,(H,25,28)/t18-,19?/m0/s1. The Hall–Kier alpha value is -2.77. The van der Waals surface area contributed by atoms with Crippen LogP contribution in [0.4, 0.5) is 9.59 Å². The lowest BCUT2D eigenvalue weighted by atomic mass is 9.92. The highest BCUT2D eigenvalue weighted by molar-refractivity contribution is 5.81. The maximum atomic E-state index is 12.6. The van der Waals surface area contributed by atoms with Gasteiger partial charge in [0.05, 0.1) is 7.11 Å². The number of likely N-dealkylation sites (tertiary alicyclic amines) is 1. The zero-order chi connectivity index (χ0) is 23.9. The molecule has 1 aromatic rings. The average Bonchev–Trinajstić information content (AvgIpc) is 3.02. The first-order chi connectivity index (χ1) is 14.9. The molecule has 8 heteroatoms. The van der Waals surface area contributed by atoms with E-state index in [1.165, 1.54) is 7.11 Å². The Balaban J connectivity index is 1.90. The Morgan fingerprint density at radius 2 is 1.84 bits per heavy atom. The summed E-state index contributed by atoms with van der Waals surface area (Å²) in [7, 11) is 1.29. The fourth-order valence-corrected chi connectivity index (χ4v) is 3.92. The van der Waals surface area contributed by atoms with E-state index in [0.29, 0.717) is 19.4 Å². The molecule has 1 unspecified atom stereocenters. The van der Waals surface area contributed by atoms with Crippen LogP contribution < -0.4 is 5.32 Å². The van der Waals surface area contributed by atoms with Gasteiger partial charge in [-0.2, -0.15) is 0 Å². The number of amides is 2. The van der Waals surface area contributed by atoms with E-state index < -0.39 is 23.7 Å². The van der Waals surface area contributed by atoms with Crippen LogP contribution in [0.25, 0.3) is 0 Å². The van der Waals surface area contributed by atoms with Crippen LogP contribution in [-0.2, 0) is 25.6 Å². The third-order valence-corrected chi connectivity index (χ3v) is 5.43. The van der Waals surface area contributed by atoms with Gasteiger partial charge in [0.15, 0.2) is 0 Å². The summed E-state index contributed by atoms with van der Waals surface area (Å²) >= 11 is 0. The zero-order valence-corrected chi connectivity index (χ0v) is 20.0. The number of methoxy groups -OCH3 is 1. The van der Waals surface area contributed by atoms with E-state index in [9.17, 15) is 14.4 Å². The predicted molar refractivity (Wildman–Crippen MR) is 120 cm³/mol. The summed E-state index contributed by atoms with van der Waals surface area (Å²) in [6, 6.07) is 8.48. The summed E-state index contributed by atoms with van der Waals surface area (Å²) in [5.41, 5.74) is -0.0613. The number of hydrogen-bond donors (Lipinski definition) is 1. The Labute approximate surface area is 190 Å². The highest BCUT2D eigenvalue weighted by Crippen LogP contribution is 2.36. The Morgan fingerprint density at radius 3 is 2.44 bits per heavy atom. The zero-order valence-electron chi connectivity index (χ0n) is 20.0. The molecule has 0 spiro atoms. The smallest absolute Gasteiger partial charge is 0.410 e. The lowest BCUT2D eigenvalue weighted by Crippen LogP contribution is -2.45. The minimum atomic E-state index is -0.818. The summed E-state index contributed by atoms with van der Waals surface area (Å²) in [5.74, 6) is -0.352. The van der Waals surface area contributed by atoms with Crippen molar-refractivity contribution in [2.45, 2.75) is 77.7 Å². The SMILES string of the molecule is COC(=O)C(CC[C@@H]1CN(C(=O)OC(C)(C)C)C(C)(C)C1)NC(=O)OCc1ccccc1. The van der Waals surface area contributed by atoms with Crippen LogP contribution in [-0.4, -0.2) is 53.9 Å². The first-order valence-corrected chi connectivity index (χ1v) is 11.0. The van der Waals surface area contributed by atoms with Crippen molar-refractivity contribution >= 4 is 18.2 Å². The van der Waals surface area contributed by atoms with Crippen molar-refractivity contribution in [1.82, 2.24) is 10.2 Å². The summed E-state index contributed by atoms with van der Waals surface area (Å²) in [4.78, 5) is 38.8. The monoisotopic (exact) mass is 448 g/mol. The molecule has 0 aromatic heterocycles. The minimum Gasteiger partial charge on any atom is -0.467 e. The summed E-state index contributed by atoms with van der Waals surface area (Å²) in [6.07, 6.45) is 0.791. The van der Waals surface area contributed by atoms with E-state index >= 15 is 0 Å². The molecule has 32 heavy (non-hydrogen) atoms. The van der Waals surface area contributed by atoms with Crippen molar-refractivity contribution in [2.24, 2.45) is 5.92 Å². The van der Waals surface area contributed by atoms with Crippen molar-refractivity contribution in [3.05, 3.63) is 35.9 Å². The molecule has 0 radical (unpaired) electrons. The van der Waals surface area contributed by atoms with E-state index in [1.807, 2.05) is 65.0 Å². The number of rotatable bonds is 7. The van der Waals surface area contributed by atoms with Gasteiger partial charge in [-0.05, 0) is 65.4 Å². The second-order valence-corrected chi connectivity index (χ2v) is 9.83. The fraction of sp³-hybridized carbons (Fsp3) is 0.625. The molecule has 1 aliphatic heterocycles. The number of nitrogens with one attached hydrogen (secondary N) is 1. The first kappa shape index (κ1) is 25.5. The van der Waals surface area contributed by atoms with Crippen molar-refractivity contribution in [3.63, 3.8) is 0 Å². The predicted octanol–water partition coefficient (Wildman–Crippen LogP) is 4.27. The lowest BCUT2D eigenvalue weighted by molar-refractivity contribution is -0.143. The van der Waals surface area contributed by atoms with Gasteiger partial charge in [0.25, 0.3) is 0 Å². The molecule has 1 saturated heterocycles. The number of carbonyl (C=O) groups excluding carboxylic acids is 3. The van der Waals surface area contributed by atoms with Gasteiger partial charge in [-0.3, -0.25) is 0 Å². The Morgan fingerprint density at radius 1 is 1.19 bits per heavy atom. The van der Waals surface area contributed by atoms with E-state index in [-0.39, 0.29) is 24.2 Å². The van der Waals surface area contributed by atoms with Crippen molar-refractivity contribution in [3.8, 4) is 0 Å². The summed E-state index contributed by atoms with van der Waals surface area (Å²) in [6.45, 7) is 10.2. The molecule has 2 amide bonds. The van der Waals surface area contributed by atoms with Gasteiger partial charge in [0, 0.05) is 12.1 Å². The van der Waals surface area contributed by atoms with Gasteiger partial charge >= 0.3 is 18.2 Å². The van der Waals surface area contributed by atoms with Crippen molar-refractivity contribution in [2.75, 3.05) is 13.7 Å². The van der Waals surface area contributed by atoms with Crippen LogP contribution in [0, 0.1) is 5.92 Å². The van der Waals surface area contributed by atoms with Crippen LogP contribution >= 0.6 is 0 Å². The van der Waals surface area contributed by atoms with Crippen LogP contribution in [0.15, 0.2) is 30.3 Å². The van der Waals surface area contributed by atoms with E-state index in [4.69, 9.17) is 14.2 Å². The number of alkyl carbamates (subject to hydrolysis) is 1. The Kier molecular flexibility index (Phi) is 8.52. The van der Waals surface area contributed by atoms with E-state index in [2.05, 4.69) is 5.32 Å². The molecule has 8 nitrogen and oxygen atoms in total. The van der Waals surface area contributed by atoms with Gasteiger partial charge in [-0.1, -0.05) is 30.3 Å². The average molecular weight is 449 g/mol. The molecule has 1 heterocycles. The van der Waals surface area contributed by atoms with Gasteiger partial charge in [-0.15, -0.1) is 0 Å². The second-order valence-electron chi connectivity index (χ2n) is 9.83. The number of carbonyl (C=O) groups is 3. The van der Waals surface area contributed by atoms with Crippen LogP contribution in [0.5, 0.6) is 0 Å². The van der Waals surface area contributed by atoms with Crippen molar-refractivity contribution < 1.29 is 28.6 Å². The maximum absolute atomic E-state index is 12.6. The molecule has 1 aliphatic rings. The molecule has 1 fully saturated rings. The Bertz CT molecular complexity index is 787. The number of esters is 1. The molecule has 1 N–H and O–H groups in total. The van der Waals surface area contributed by atoms with E-state index in [0.717, 1.165) is 12.0 Å². The largest absolute Gasteiger partial charge is 0.467 e. The molecule has 2 atom stereocenters. The topological polar surface area (TPSA) is 94.2 Å². The fourth-order valence-electron chi connectivity index (χ4n) is 3.92. The molecular weight excluding hydrogens is 412 g/mol. The van der Waals surface area contributed by atoms with E-state index in [1.54, 1.807) is 4.90 Å². The minimum absolute atomic E-state index is 0.113. The van der Waals surface area contributed by atoms with Gasteiger partial charge < -0.3 is 24.4 Å². The highest BCUT2D eigenvalue weighted by atomic mass is 16.6. The molecule has 2 rings (SSSR count). The molecule has 0 saturated carbocycles. The van der Waals surface area contributed by atoms with Gasteiger partial charge in [0.2, 0.25) is 0 Å². The molecule has 1 aromatic carbocycles. The third-order valence-electron chi connectivity index (χ3n) is 5.43. The molecule has 0 bridgehead atoms. The second kappa shape index (κ2) is 10.7. The van der Waals surface area contributed by atoms with Crippen LogP contribution in [0.1, 0.15) is 59.4 Å². The number of nitrogens with zero attached hydrogens (tertiary/aromatic N) is 1. The summed E-state index contributed by atoms with van der Waals surface area (Å²) in [5, 5.41) is 2.61. The van der Waals surface area contributed by atoms with Gasteiger partial charge in [0.1, 0.15) is 18.2 Å². The van der Waals surface area contributed by atoms with Gasteiger partial charge in [-0.25, -0.2) is 14.4 Å². The van der Waals surface area contributed by atoms with Crippen LogP contribution in [0.2, 0.25) is 0 Å². The molecule has 0 aliphatic carbocycles. The lowest BCUT2D eigenvalue weighted by Gasteiger charge is -2.33. The molecular formula is C24H36N2O6. The number of hydrogen-bond acceptors (Lipinski definition) is 6. The number of ether oxygens (including phenoxy) is 3. The number of benzene rings is 1. The van der Waals surface area contributed by atoms with Crippen LogP contribution in [0.3, 0.4) is 0 Å². The highest BCUT2D eigenvalue weighted by Gasteiger charge is 2.43. The third kappa shape index (κ3) is 7.73. The van der Waals surface area contributed by atoms with Crippen molar-refractivity contribution in [1.29, 1.82) is 0 Å².